The van der Waals surface area contributed by atoms with Gasteiger partial charge in [-0.05, 0) is 29.3 Å². The van der Waals surface area contributed by atoms with Gasteiger partial charge in [-0.15, -0.1) is 0 Å². The Morgan fingerprint density at radius 3 is 2.39 bits per heavy atom. The van der Waals surface area contributed by atoms with Crippen molar-refractivity contribution in [2.75, 3.05) is 0 Å². The summed E-state index contributed by atoms with van der Waals surface area (Å²) < 4.78 is 13.9. The van der Waals surface area contributed by atoms with Gasteiger partial charge in [0.2, 0.25) is 0 Å². The zero-order valence-corrected chi connectivity index (χ0v) is 9.34. The summed E-state index contributed by atoms with van der Waals surface area (Å²) in [6.07, 6.45) is 1.41. The lowest BCUT2D eigenvalue weighted by Crippen LogP contribution is -2.22. The molecule has 1 aromatic heterocycles. The molecule has 2 rings (SSSR count). The predicted octanol–water partition coefficient (Wildman–Crippen LogP) is 1.74. The maximum atomic E-state index is 12.8. The molecular weight excluding hydrogens is 237 g/mol. The molecule has 1 heterocycles. The first-order chi connectivity index (χ1) is 8.56. The van der Waals surface area contributed by atoms with Crippen molar-refractivity contribution < 1.29 is 14.3 Å². The van der Waals surface area contributed by atoms with E-state index in [0.29, 0.717) is 11.1 Å². The second-order valence-electron chi connectivity index (χ2n) is 3.78. The Kier molecular flexibility index (Phi) is 3.23. The van der Waals surface area contributed by atoms with Crippen LogP contribution in [0, 0.1) is 5.82 Å². The monoisotopic (exact) mass is 247 g/mol. The van der Waals surface area contributed by atoms with Gasteiger partial charge < -0.3 is 9.67 Å². The number of halogens is 1. The van der Waals surface area contributed by atoms with E-state index in [1.165, 1.54) is 24.4 Å². The van der Waals surface area contributed by atoms with Crippen molar-refractivity contribution in [1.82, 2.24) is 4.57 Å². The minimum Gasteiger partial charge on any atom is -0.480 e. The van der Waals surface area contributed by atoms with E-state index in [-0.39, 0.29) is 12.4 Å². The molecule has 0 unspecified atom stereocenters. The fourth-order valence-electron chi connectivity index (χ4n) is 1.61. The van der Waals surface area contributed by atoms with Crippen LogP contribution >= 0.6 is 0 Å². The van der Waals surface area contributed by atoms with E-state index >= 15 is 0 Å². The van der Waals surface area contributed by atoms with Crippen LogP contribution in [-0.2, 0) is 11.3 Å². The number of pyridine rings is 1. The Morgan fingerprint density at radius 1 is 1.17 bits per heavy atom. The van der Waals surface area contributed by atoms with E-state index in [2.05, 4.69) is 0 Å². The highest BCUT2D eigenvalue weighted by molar-refractivity contribution is 5.67. The molecule has 18 heavy (non-hydrogen) atoms. The topological polar surface area (TPSA) is 59.3 Å². The largest absolute Gasteiger partial charge is 0.480 e. The number of nitrogens with zero attached hydrogens (tertiary/aromatic N) is 1. The number of rotatable bonds is 3. The molecule has 0 amide bonds. The second kappa shape index (κ2) is 4.83. The van der Waals surface area contributed by atoms with Crippen molar-refractivity contribution in [3.63, 3.8) is 0 Å². The lowest BCUT2D eigenvalue weighted by atomic mass is 10.1. The Morgan fingerprint density at radius 2 is 1.83 bits per heavy atom. The number of hydrogen-bond donors (Lipinski definition) is 1. The number of hydrogen-bond acceptors (Lipinski definition) is 2. The van der Waals surface area contributed by atoms with Gasteiger partial charge in [-0.3, -0.25) is 9.59 Å². The smallest absolute Gasteiger partial charge is 0.323 e. The van der Waals surface area contributed by atoms with Gasteiger partial charge in [0.25, 0.3) is 5.56 Å². The molecule has 5 heteroatoms. The first-order valence-electron chi connectivity index (χ1n) is 5.24. The van der Waals surface area contributed by atoms with Crippen LogP contribution in [0.5, 0.6) is 0 Å². The molecule has 0 atom stereocenters. The molecule has 2 aromatic rings. The van der Waals surface area contributed by atoms with Crippen LogP contribution in [0.25, 0.3) is 11.1 Å². The van der Waals surface area contributed by atoms with Crippen LogP contribution in [0.15, 0.2) is 47.4 Å². The number of benzene rings is 1. The standard InChI is InChI=1S/C13H10FNO3/c14-11-3-1-9(2-4-11)10-5-6-15(8-13(17)18)12(16)7-10/h1-7H,8H2,(H,17,18). The van der Waals surface area contributed by atoms with Gasteiger partial charge in [0.1, 0.15) is 12.4 Å². The third-order valence-electron chi connectivity index (χ3n) is 2.48. The number of carboxylic acid groups (broad SMARTS) is 1. The Bertz CT molecular complexity index is 631. The highest BCUT2D eigenvalue weighted by Gasteiger charge is 2.04. The van der Waals surface area contributed by atoms with Gasteiger partial charge in [-0.1, -0.05) is 12.1 Å². The summed E-state index contributed by atoms with van der Waals surface area (Å²) in [7, 11) is 0. The maximum absolute atomic E-state index is 12.8. The summed E-state index contributed by atoms with van der Waals surface area (Å²) in [5.74, 6) is -1.43. The van der Waals surface area contributed by atoms with Crippen LogP contribution in [-0.4, -0.2) is 15.6 Å². The molecule has 0 saturated carbocycles. The van der Waals surface area contributed by atoms with E-state index < -0.39 is 11.5 Å². The molecule has 0 saturated heterocycles. The highest BCUT2D eigenvalue weighted by Crippen LogP contribution is 2.17. The average Bonchev–Trinajstić information content (AvgIpc) is 2.32. The molecule has 92 valence electrons. The summed E-state index contributed by atoms with van der Waals surface area (Å²) >= 11 is 0. The van der Waals surface area contributed by atoms with Crippen LogP contribution in [0.3, 0.4) is 0 Å². The minimum atomic E-state index is -1.08. The summed E-state index contributed by atoms with van der Waals surface area (Å²) in [4.78, 5) is 22.2. The quantitative estimate of drug-likeness (QED) is 0.898. The molecule has 0 fully saturated rings. The van der Waals surface area contributed by atoms with Gasteiger partial charge in [0.15, 0.2) is 0 Å². The van der Waals surface area contributed by atoms with Crippen molar-refractivity contribution >= 4 is 5.97 Å². The minimum absolute atomic E-state index is 0.349. The molecule has 0 spiro atoms. The fraction of sp³-hybridized carbons (Fsp3) is 0.0769. The second-order valence-corrected chi connectivity index (χ2v) is 3.78. The van der Waals surface area contributed by atoms with Crippen molar-refractivity contribution in [2.45, 2.75) is 6.54 Å². The molecule has 0 bridgehead atoms. The zero-order chi connectivity index (χ0) is 13.1. The first-order valence-corrected chi connectivity index (χ1v) is 5.24. The number of carbonyl (C=O) groups is 1. The Labute approximate surface area is 102 Å². The first kappa shape index (κ1) is 12.0. The van der Waals surface area contributed by atoms with Gasteiger partial charge >= 0.3 is 5.97 Å². The zero-order valence-electron chi connectivity index (χ0n) is 9.34. The normalized spacial score (nSPS) is 10.3. The molecule has 0 radical (unpaired) electrons. The lowest BCUT2D eigenvalue weighted by Gasteiger charge is -2.04. The van der Waals surface area contributed by atoms with Crippen molar-refractivity contribution in [1.29, 1.82) is 0 Å². The van der Waals surface area contributed by atoms with E-state index in [9.17, 15) is 14.0 Å². The SMILES string of the molecule is O=C(O)Cn1ccc(-c2ccc(F)cc2)cc1=O. The molecular formula is C13H10FNO3. The molecule has 0 aliphatic carbocycles. The summed E-state index contributed by atoms with van der Waals surface area (Å²) in [6, 6.07) is 8.68. The van der Waals surface area contributed by atoms with Crippen molar-refractivity contribution in [3.05, 3.63) is 58.8 Å². The van der Waals surface area contributed by atoms with Crippen LogP contribution in [0.4, 0.5) is 4.39 Å². The molecule has 1 N–H and O–H groups in total. The summed E-state index contributed by atoms with van der Waals surface area (Å²) in [5, 5.41) is 8.61. The van der Waals surface area contributed by atoms with Crippen molar-refractivity contribution in [2.24, 2.45) is 0 Å². The lowest BCUT2D eigenvalue weighted by molar-refractivity contribution is -0.137. The number of aliphatic carboxylic acids is 1. The fourth-order valence-corrected chi connectivity index (χ4v) is 1.61. The van der Waals surface area contributed by atoms with Crippen LogP contribution in [0.2, 0.25) is 0 Å². The molecule has 0 aliphatic rings. The summed E-state index contributed by atoms with van der Waals surface area (Å²) in [6.45, 7) is -0.372. The van der Waals surface area contributed by atoms with E-state index in [4.69, 9.17) is 5.11 Å². The Balaban J connectivity index is 2.37. The molecule has 0 aliphatic heterocycles. The van der Waals surface area contributed by atoms with Gasteiger partial charge in [0, 0.05) is 12.3 Å². The van der Waals surface area contributed by atoms with E-state index in [1.807, 2.05) is 0 Å². The molecule has 4 nitrogen and oxygen atoms in total. The van der Waals surface area contributed by atoms with Crippen LogP contribution in [0.1, 0.15) is 0 Å². The van der Waals surface area contributed by atoms with Gasteiger partial charge in [0.05, 0.1) is 0 Å². The third-order valence-corrected chi connectivity index (χ3v) is 2.48. The van der Waals surface area contributed by atoms with E-state index in [1.54, 1.807) is 18.2 Å². The van der Waals surface area contributed by atoms with Gasteiger partial charge in [-0.25, -0.2) is 4.39 Å². The van der Waals surface area contributed by atoms with Crippen molar-refractivity contribution in [3.8, 4) is 11.1 Å². The van der Waals surface area contributed by atoms with Crippen LogP contribution < -0.4 is 5.56 Å². The third kappa shape index (κ3) is 2.63. The summed E-state index contributed by atoms with van der Waals surface area (Å²) in [5.41, 5.74) is 0.928. The van der Waals surface area contributed by atoms with Gasteiger partial charge in [-0.2, -0.15) is 0 Å². The molecule has 1 aromatic carbocycles. The number of carboxylic acids is 1. The number of aromatic nitrogens is 1. The Hall–Kier alpha value is -2.43. The highest BCUT2D eigenvalue weighted by atomic mass is 19.1. The predicted molar refractivity (Wildman–Crippen MR) is 63.7 cm³/mol. The van der Waals surface area contributed by atoms with E-state index in [0.717, 1.165) is 4.57 Å². The maximum Gasteiger partial charge on any atom is 0.323 e. The average molecular weight is 247 g/mol.